The molecule has 1 aliphatic carbocycles. The van der Waals surface area contributed by atoms with Crippen molar-refractivity contribution in [1.82, 2.24) is 35.1 Å². The van der Waals surface area contributed by atoms with Crippen LogP contribution in [0, 0.1) is 11.8 Å². The number of aromatic amines is 2. The minimum atomic E-state index is -0.691. The number of alkyl carbamates (subject to hydrolysis) is 1. The van der Waals surface area contributed by atoms with Crippen molar-refractivity contribution in [1.29, 1.82) is 0 Å². The van der Waals surface area contributed by atoms with E-state index in [0.29, 0.717) is 24.3 Å². The predicted molar refractivity (Wildman–Crippen MR) is 220 cm³/mol. The number of hydrogen-bond acceptors (Lipinski definition) is 7. The van der Waals surface area contributed by atoms with Gasteiger partial charge in [0.25, 0.3) is 0 Å². The van der Waals surface area contributed by atoms with E-state index in [4.69, 9.17) is 14.8 Å². The van der Waals surface area contributed by atoms with Crippen LogP contribution in [0.1, 0.15) is 78.1 Å². The molecule has 0 spiro atoms. The molecule has 1 saturated carbocycles. The third-order valence-corrected chi connectivity index (χ3v) is 11.4. The van der Waals surface area contributed by atoms with Gasteiger partial charge < -0.3 is 34.9 Å². The average molecular weight is 762 g/mol. The number of imidazole rings is 2. The number of carbonyl (C=O) groups excluding carboxylic acids is 3. The molecule has 4 heterocycles. The van der Waals surface area contributed by atoms with E-state index >= 15 is 0 Å². The minimum Gasteiger partial charge on any atom is -0.453 e. The Labute approximate surface area is 328 Å². The van der Waals surface area contributed by atoms with Gasteiger partial charge in [-0.15, -0.1) is 0 Å². The molecule has 3 aromatic carbocycles. The summed E-state index contributed by atoms with van der Waals surface area (Å²) in [5.74, 6) is 1.72. The summed E-state index contributed by atoms with van der Waals surface area (Å²) in [5.41, 5.74) is 7.06. The molecule has 5 unspecified atom stereocenters. The lowest BCUT2D eigenvalue weighted by Crippen LogP contribution is -2.51. The second-order valence-corrected chi connectivity index (χ2v) is 15.1. The lowest BCUT2D eigenvalue weighted by Gasteiger charge is -2.31. The van der Waals surface area contributed by atoms with Crippen molar-refractivity contribution < 1.29 is 24.2 Å². The van der Waals surface area contributed by atoms with Crippen LogP contribution in [0.25, 0.3) is 44.2 Å². The number of aliphatic hydroxyl groups excluding tert-OH is 1. The smallest absolute Gasteiger partial charge is 0.407 e. The van der Waals surface area contributed by atoms with E-state index in [1.54, 1.807) is 11.2 Å². The van der Waals surface area contributed by atoms with Crippen LogP contribution in [0.3, 0.4) is 0 Å². The highest BCUT2D eigenvalue weighted by Gasteiger charge is 2.40. The average Bonchev–Trinajstić information content (AvgIpc) is 4.09. The van der Waals surface area contributed by atoms with Crippen LogP contribution in [0.5, 0.6) is 0 Å². The first kappa shape index (κ1) is 40.2. The molecule has 3 amide bonds. The van der Waals surface area contributed by atoms with Gasteiger partial charge in [-0.1, -0.05) is 69.2 Å². The fourth-order valence-electron chi connectivity index (χ4n) is 8.21. The Bertz CT molecular complexity index is 2180. The van der Waals surface area contributed by atoms with E-state index in [2.05, 4.69) is 86.7 Å². The summed E-state index contributed by atoms with van der Waals surface area (Å²) in [4.78, 5) is 56.9. The van der Waals surface area contributed by atoms with Gasteiger partial charge in [0.2, 0.25) is 11.8 Å². The van der Waals surface area contributed by atoms with Crippen molar-refractivity contribution in [2.45, 2.75) is 84.3 Å². The van der Waals surface area contributed by atoms with Gasteiger partial charge in [0, 0.05) is 38.2 Å². The Morgan fingerprint density at radius 3 is 2.34 bits per heavy atom. The molecule has 1 saturated heterocycles. The van der Waals surface area contributed by atoms with Gasteiger partial charge in [0.15, 0.2) is 0 Å². The largest absolute Gasteiger partial charge is 0.453 e. The summed E-state index contributed by atoms with van der Waals surface area (Å²) in [6.45, 7) is 9.57. The lowest BCUT2D eigenvalue weighted by atomic mass is 9.97. The molecular weight excluding hydrogens is 707 g/mol. The van der Waals surface area contributed by atoms with Crippen LogP contribution in [0.2, 0.25) is 0 Å². The highest BCUT2D eigenvalue weighted by molar-refractivity contribution is 5.92. The van der Waals surface area contributed by atoms with Crippen molar-refractivity contribution in [3.63, 3.8) is 0 Å². The zero-order valence-corrected chi connectivity index (χ0v) is 33.3. The lowest BCUT2D eigenvalue weighted by molar-refractivity contribution is -0.135. The topological polar surface area (TPSA) is 157 Å². The predicted octanol–water partition coefficient (Wildman–Crippen LogP) is 7.78. The molecule has 2 fully saturated rings. The van der Waals surface area contributed by atoms with Gasteiger partial charge in [-0.3, -0.25) is 9.59 Å². The molecule has 296 valence electrons. The molecular formula is C44H55N7O5. The Hall–Kier alpha value is -5.49. The fourth-order valence-corrected chi connectivity index (χ4v) is 8.21. The van der Waals surface area contributed by atoms with Gasteiger partial charge in [0.05, 0.1) is 36.4 Å². The second kappa shape index (κ2) is 18.0. The number of likely N-dealkylation sites (tertiary alicyclic amines) is 1. The van der Waals surface area contributed by atoms with E-state index in [-0.39, 0.29) is 17.9 Å². The Kier molecular flexibility index (Phi) is 12.9. The molecule has 5 atom stereocenters. The molecule has 12 nitrogen and oxygen atoms in total. The summed E-state index contributed by atoms with van der Waals surface area (Å²) in [7, 11) is 2.30. The number of H-pyrrole nitrogens is 2. The number of rotatable bonds is 9. The fraction of sp³-hybridized carbons (Fsp3) is 0.432. The number of aromatic nitrogens is 4. The van der Waals surface area contributed by atoms with Crippen molar-refractivity contribution >= 4 is 39.7 Å². The van der Waals surface area contributed by atoms with Gasteiger partial charge >= 0.3 is 6.09 Å². The number of nitrogens with zero attached hydrogens (tertiary/aromatic N) is 4. The van der Waals surface area contributed by atoms with Crippen LogP contribution < -0.4 is 5.32 Å². The standard InChI is InChI=1S/C33H34N6O3.C10H17NO.CH4O/c1-5-20(3)30(38-33(41)42-4)32(40)39-17-19(2)12-29(39)31-36-26-11-10-24(15-27(26)37-31)22-6-7-23-14-25(9-8-21(23)13-22)28-16-34-18-35-28;1-2-3-10(12)11-7-8-4-5-9(11)6-8;1-2/h6-16,18,20,29-30H,5,17H2,1-4H3,(H,34,35)(H,36,37)(H,38,41);8-9H,2-7H2,1H3;2H,1H3. The molecule has 2 aliphatic heterocycles. The van der Waals surface area contributed by atoms with Crippen LogP contribution in [-0.2, 0) is 14.3 Å². The Morgan fingerprint density at radius 1 is 0.982 bits per heavy atom. The Balaban J connectivity index is 0.000000320. The van der Waals surface area contributed by atoms with Crippen LogP contribution in [-0.4, -0.2) is 92.1 Å². The summed E-state index contributed by atoms with van der Waals surface area (Å²) >= 11 is 0. The normalized spacial score (nSPS) is 19.5. The van der Waals surface area contributed by atoms with Gasteiger partial charge in [-0.05, 0) is 90.6 Å². The third-order valence-electron chi connectivity index (χ3n) is 11.4. The molecule has 5 aromatic rings. The van der Waals surface area contributed by atoms with Gasteiger partial charge in [0.1, 0.15) is 17.9 Å². The number of amides is 3. The molecule has 2 bridgehead atoms. The number of nitrogens with one attached hydrogen (secondary N) is 3. The molecule has 4 N–H and O–H groups in total. The minimum absolute atomic E-state index is 0.0598. The van der Waals surface area contributed by atoms with Crippen molar-refractivity contribution in [2.75, 3.05) is 27.3 Å². The number of methoxy groups -OCH3 is 1. The zero-order valence-electron chi connectivity index (χ0n) is 33.3. The number of carbonyl (C=O) groups is 3. The van der Waals surface area contributed by atoms with Crippen molar-refractivity contribution in [2.24, 2.45) is 11.8 Å². The first-order valence-corrected chi connectivity index (χ1v) is 19.7. The molecule has 0 radical (unpaired) electrons. The summed E-state index contributed by atoms with van der Waals surface area (Å²) in [5, 5.41) is 12.1. The van der Waals surface area contributed by atoms with Crippen LogP contribution in [0.15, 0.2) is 78.8 Å². The number of hydrogen-bond donors (Lipinski definition) is 4. The zero-order chi connectivity index (χ0) is 39.9. The summed E-state index contributed by atoms with van der Waals surface area (Å²) in [6, 6.07) is 18.6. The van der Waals surface area contributed by atoms with Crippen LogP contribution in [0.4, 0.5) is 4.79 Å². The molecule has 3 aliphatic rings. The molecule has 2 aromatic heterocycles. The van der Waals surface area contributed by atoms with E-state index in [0.717, 1.165) is 88.6 Å². The van der Waals surface area contributed by atoms with Crippen molar-refractivity contribution in [3.05, 3.63) is 84.6 Å². The summed E-state index contributed by atoms with van der Waals surface area (Å²) < 4.78 is 4.80. The van der Waals surface area contributed by atoms with Crippen molar-refractivity contribution in [3.8, 4) is 22.4 Å². The van der Waals surface area contributed by atoms with E-state index in [1.165, 1.54) is 26.4 Å². The SMILES string of the molecule is CCC(C)C(NC(=O)OC)C(=O)N1CC(C)=CC1c1nc2ccc(-c3ccc4cc(-c5cnc[nH]5)ccc4c3)cc2[nH]1.CCCC(=O)N1CC2CCC1C2.CO. The first-order chi connectivity index (χ1) is 27.1. The number of benzene rings is 3. The third kappa shape index (κ3) is 8.65. The maximum atomic E-state index is 13.8. The number of aliphatic hydroxyl groups is 1. The molecule has 12 heteroatoms. The quantitative estimate of drug-likeness (QED) is 0.112. The highest BCUT2D eigenvalue weighted by atomic mass is 16.5. The summed E-state index contributed by atoms with van der Waals surface area (Å²) in [6.07, 6.45) is 11.3. The maximum Gasteiger partial charge on any atom is 0.407 e. The molecule has 8 rings (SSSR count). The Morgan fingerprint density at radius 2 is 1.70 bits per heavy atom. The number of ether oxygens (including phenoxy) is 1. The van der Waals surface area contributed by atoms with E-state index in [9.17, 15) is 14.4 Å². The van der Waals surface area contributed by atoms with Gasteiger partial charge in [-0.25, -0.2) is 14.8 Å². The highest BCUT2D eigenvalue weighted by Crippen LogP contribution is 2.38. The number of fused-ring (bicyclic) bond motifs is 4. The van der Waals surface area contributed by atoms with Crippen LogP contribution >= 0.6 is 0 Å². The monoisotopic (exact) mass is 761 g/mol. The number of piperidine rings is 1. The van der Waals surface area contributed by atoms with Gasteiger partial charge in [-0.2, -0.15) is 0 Å². The molecule has 56 heavy (non-hydrogen) atoms. The maximum absolute atomic E-state index is 13.8. The first-order valence-electron chi connectivity index (χ1n) is 19.7. The van der Waals surface area contributed by atoms with E-state index in [1.807, 2.05) is 33.0 Å². The second-order valence-electron chi connectivity index (χ2n) is 15.1. The van der Waals surface area contributed by atoms with E-state index < -0.39 is 12.1 Å².